The fourth-order valence-corrected chi connectivity index (χ4v) is 5.24. The molecule has 5 heterocycles. The van der Waals surface area contributed by atoms with E-state index in [4.69, 9.17) is 9.47 Å². The van der Waals surface area contributed by atoms with Gasteiger partial charge in [-0.15, -0.1) is 0 Å². The van der Waals surface area contributed by atoms with E-state index in [0.29, 0.717) is 23.7 Å². The summed E-state index contributed by atoms with van der Waals surface area (Å²) in [6, 6.07) is 9.16. The predicted octanol–water partition coefficient (Wildman–Crippen LogP) is 3.83. The van der Waals surface area contributed by atoms with Crippen LogP contribution in [0.3, 0.4) is 0 Å². The largest absolute Gasteiger partial charge is 0.443 e. The second-order valence-electron chi connectivity index (χ2n) is 11.1. The van der Waals surface area contributed by atoms with Crippen LogP contribution in [-0.2, 0) is 16.0 Å². The van der Waals surface area contributed by atoms with Crippen molar-refractivity contribution in [3.8, 4) is 0 Å². The highest BCUT2D eigenvalue weighted by atomic mass is 16.6. The molecule has 1 aromatic carbocycles. The third-order valence-corrected chi connectivity index (χ3v) is 7.04. The molecule has 0 atom stereocenters. The molecule has 37 heavy (non-hydrogen) atoms. The van der Waals surface area contributed by atoms with Gasteiger partial charge in [0.15, 0.2) is 6.29 Å². The van der Waals surface area contributed by atoms with Crippen molar-refractivity contribution in [1.29, 1.82) is 0 Å². The normalized spacial score (nSPS) is 16.6. The summed E-state index contributed by atoms with van der Waals surface area (Å²) in [6.07, 6.45) is 5.25. The Morgan fingerprint density at radius 1 is 1.14 bits per heavy atom. The van der Waals surface area contributed by atoms with Gasteiger partial charge in [0, 0.05) is 36.3 Å². The van der Waals surface area contributed by atoms with E-state index in [1.54, 1.807) is 43.8 Å². The minimum atomic E-state index is -0.709. The predicted molar refractivity (Wildman–Crippen MR) is 140 cm³/mol. The van der Waals surface area contributed by atoms with Crippen molar-refractivity contribution < 1.29 is 19.1 Å². The number of benzene rings is 1. The van der Waals surface area contributed by atoms with Crippen LogP contribution in [0.2, 0.25) is 0 Å². The first kappa shape index (κ1) is 23.4. The highest BCUT2D eigenvalue weighted by Gasteiger charge is 2.49. The Morgan fingerprint density at radius 2 is 1.92 bits per heavy atom. The zero-order valence-corrected chi connectivity index (χ0v) is 21.1. The summed E-state index contributed by atoms with van der Waals surface area (Å²) in [5.74, 6) is 0. The molecule has 0 amide bonds. The summed E-state index contributed by atoms with van der Waals surface area (Å²) in [4.78, 5) is 44.6. The van der Waals surface area contributed by atoms with Crippen LogP contribution in [0.15, 0.2) is 53.7 Å². The highest BCUT2D eigenvalue weighted by molar-refractivity contribution is 5.97. The van der Waals surface area contributed by atoms with Crippen molar-refractivity contribution in [2.24, 2.45) is 5.41 Å². The molecule has 2 aliphatic heterocycles. The van der Waals surface area contributed by atoms with Gasteiger partial charge in [0.25, 0.3) is 5.56 Å². The minimum absolute atomic E-state index is 0.134. The van der Waals surface area contributed by atoms with Crippen LogP contribution in [0.1, 0.15) is 36.8 Å². The van der Waals surface area contributed by atoms with Gasteiger partial charge in [0.2, 0.25) is 0 Å². The van der Waals surface area contributed by atoms with Crippen LogP contribution in [0, 0.1) is 5.41 Å². The van der Waals surface area contributed by atoms with E-state index in [9.17, 15) is 14.4 Å². The van der Waals surface area contributed by atoms with Gasteiger partial charge in [0.05, 0.1) is 53.7 Å². The van der Waals surface area contributed by atoms with Gasteiger partial charge in [-0.05, 0) is 44.5 Å². The molecule has 0 bridgehead atoms. The van der Waals surface area contributed by atoms with E-state index in [0.717, 1.165) is 48.3 Å². The number of aldehydes is 1. The second-order valence-corrected chi connectivity index (χ2v) is 11.1. The topological polar surface area (TPSA) is 95.7 Å². The lowest BCUT2D eigenvalue weighted by Crippen LogP contribution is -2.66. The molecule has 0 radical (unpaired) electrons. The fraction of sp³-hybridized carbons (Fsp3) is 0.357. The number of carbonyl (C=O) groups excluding carboxylic acids is 2. The summed E-state index contributed by atoms with van der Waals surface area (Å²) in [5.41, 5.74) is 1.97. The SMILES string of the molecule is CC(C)(C)OC(=O)n1c(C=O)cc2ccc(Cn3ccc4c(N5CC6(COC6)C5)cncc4c3=O)cc21. The Balaban J connectivity index is 1.33. The summed E-state index contributed by atoms with van der Waals surface area (Å²) in [6.45, 7) is 9.04. The third-order valence-electron chi connectivity index (χ3n) is 7.04. The van der Waals surface area contributed by atoms with Gasteiger partial charge in [-0.25, -0.2) is 9.36 Å². The van der Waals surface area contributed by atoms with Crippen LogP contribution in [0.25, 0.3) is 21.7 Å². The number of nitrogens with zero attached hydrogens (tertiary/aromatic N) is 4. The number of aromatic nitrogens is 3. The fourth-order valence-electron chi connectivity index (χ4n) is 5.24. The van der Waals surface area contributed by atoms with Crippen LogP contribution in [0.5, 0.6) is 0 Å². The molecule has 3 aromatic heterocycles. The van der Waals surface area contributed by atoms with Crippen LogP contribution >= 0.6 is 0 Å². The number of pyridine rings is 2. The lowest BCUT2D eigenvalue weighted by atomic mass is 9.77. The van der Waals surface area contributed by atoms with E-state index >= 15 is 0 Å². The van der Waals surface area contributed by atoms with Gasteiger partial charge in [-0.1, -0.05) is 12.1 Å². The number of hydrogen-bond acceptors (Lipinski definition) is 7. The Hall–Kier alpha value is -3.98. The number of hydrogen-bond donors (Lipinski definition) is 0. The summed E-state index contributed by atoms with van der Waals surface area (Å²) < 4.78 is 13.8. The van der Waals surface area contributed by atoms with Gasteiger partial charge >= 0.3 is 6.09 Å². The molecule has 2 aliphatic rings. The number of rotatable bonds is 4. The second kappa shape index (κ2) is 8.27. The van der Waals surface area contributed by atoms with Gasteiger partial charge in [-0.3, -0.25) is 14.6 Å². The number of anilines is 1. The number of carbonyl (C=O) groups is 2. The van der Waals surface area contributed by atoms with Crippen LogP contribution in [-0.4, -0.2) is 58.4 Å². The number of ether oxygens (including phenoxy) is 2. The lowest BCUT2D eigenvalue weighted by molar-refractivity contribution is -0.126. The minimum Gasteiger partial charge on any atom is -0.443 e. The molecule has 6 rings (SSSR count). The highest BCUT2D eigenvalue weighted by Crippen LogP contribution is 2.41. The molecular formula is C28H28N4O5. The molecule has 0 N–H and O–H groups in total. The maximum atomic E-state index is 13.4. The first-order valence-corrected chi connectivity index (χ1v) is 12.3. The van der Waals surface area contributed by atoms with Crippen molar-refractivity contribution >= 4 is 39.7 Å². The van der Waals surface area contributed by atoms with Crippen molar-refractivity contribution in [2.75, 3.05) is 31.2 Å². The lowest BCUT2D eigenvalue weighted by Gasteiger charge is -2.56. The van der Waals surface area contributed by atoms with Gasteiger partial charge < -0.3 is 18.9 Å². The van der Waals surface area contributed by atoms with Crippen LogP contribution < -0.4 is 10.5 Å². The van der Waals surface area contributed by atoms with Crippen molar-refractivity contribution in [1.82, 2.24) is 14.1 Å². The zero-order valence-electron chi connectivity index (χ0n) is 21.1. The van der Waals surface area contributed by atoms with E-state index < -0.39 is 11.7 Å². The smallest absolute Gasteiger partial charge is 0.419 e. The first-order chi connectivity index (χ1) is 17.7. The molecule has 0 saturated carbocycles. The Morgan fingerprint density at radius 3 is 2.59 bits per heavy atom. The molecule has 9 heteroatoms. The maximum absolute atomic E-state index is 13.4. The van der Waals surface area contributed by atoms with E-state index in [-0.39, 0.29) is 16.7 Å². The summed E-state index contributed by atoms with van der Waals surface area (Å²) in [7, 11) is 0. The molecule has 1 spiro atoms. The van der Waals surface area contributed by atoms with E-state index in [1.807, 2.05) is 30.5 Å². The molecule has 0 unspecified atom stereocenters. The van der Waals surface area contributed by atoms with E-state index in [1.165, 1.54) is 4.57 Å². The molecule has 2 saturated heterocycles. The molecular weight excluding hydrogens is 472 g/mol. The average molecular weight is 501 g/mol. The summed E-state index contributed by atoms with van der Waals surface area (Å²) in [5, 5.41) is 2.18. The Kier molecular flexibility index (Phi) is 5.24. The monoisotopic (exact) mass is 500 g/mol. The Labute approximate surface area is 213 Å². The van der Waals surface area contributed by atoms with E-state index in [2.05, 4.69) is 9.88 Å². The standard InChI is InChI=1S/C28H28N4O5/c1-27(2,3)37-26(35)32-20(13-33)9-19-5-4-18(8-23(19)32)12-30-7-6-21-22(25(30)34)10-29-11-24(21)31-14-28(15-31)16-36-17-28/h4-11,13H,12,14-17H2,1-3H3. The molecule has 4 aromatic rings. The average Bonchev–Trinajstić information content (AvgIpc) is 3.16. The zero-order chi connectivity index (χ0) is 25.9. The molecule has 190 valence electrons. The number of fused-ring (bicyclic) bond motifs is 2. The Bertz CT molecular complexity index is 1620. The molecule has 0 aliphatic carbocycles. The van der Waals surface area contributed by atoms with Crippen molar-refractivity contribution in [2.45, 2.75) is 32.9 Å². The van der Waals surface area contributed by atoms with Crippen molar-refractivity contribution in [3.63, 3.8) is 0 Å². The van der Waals surface area contributed by atoms with Gasteiger partial charge in [0.1, 0.15) is 5.60 Å². The molecule has 2 fully saturated rings. The quantitative estimate of drug-likeness (QED) is 0.393. The first-order valence-electron chi connectivity index (χ1n) is 12.3. The maximum Gasteiger partial charge on any atom is 0.419 e. The van der Waals surface area contributed by atoms with Crippen molar-refractivity contribution in [3.05, 3.63) is 70.5 Å². The van der Waals surface area contributed by atoms with Crippen LogP contribution in [0.4, 0.5) is 10.5 Å². The van der Waals surface area contributed by atoms with Gasteiger partial charge in [-0.2, -0.15) is 0 Å². The third kappa shape index (κ3) is 3.99. The summed E-state index contributed by atoms with van der Waals surface area (Å²) >= 11 is 0. The molecule has 9 nitrogen and oxygen atoms in total.